The third kappa shape index (κ3) is 1.95. The van der Waals surface area contributed by atoms with E-state index in [-0.39, 0.29) is 18.7 Å². The summed E-state index contributed by atoms with van der Waals surface area (Å²) in [6, 6.07) is 0. The average Bonchev–Trinajstić information content (AvgIpc) is 2.47. The van der Waals surface area contributed by atoms with Crippen molar-refractivity contribution in [1.82, 2.24) is 4.90 Å². The van der Waals surface area contributed by atoms with Crippen LogP contribution in [0, 0.1) is 6.73 Å². The molecule has 0 N–H and O–H groups in total. The highest BCUT2D eigenvalue weighted by atomic mass is 16.5. The number of carbonyl (C=O) groups is 1. The molecule has 0 aromatic heterocycles. The highest BCUT2D eigenvalue weighted by Gasteiger charge is 2.19. The van der Waals surface area contributed by atoms with Gasteiger partial charge in [-0.3, -0.25) is 4.79 Å². The first-order valence-electron chi connectivity index (χ1n) is 4.08. The van der Waals surface area contributed by atoms with Crippen LogP contribution in [-0.2, 0) is 14.3 Å². The Balaban J connectivity index is 2.46. The Morgan fingerprint density at radius 2 is 2.58 bits per heavy atom. The topological polar surface area (TPSA) is 38.8 Å². The first kappa shape index (κ1) is 9.48. The number of methoxy groups -OCH3 is 1. The lowest BCUT2D eigenvalue weighted by Gasteiger charge is -2.32. The van der Waals surface area contributed by atoms with Crippen LogP contribution in [0.15, 0.2) is 0 Å². The largest absolute Gasteiger partial charge is 0.524 e. The molecule has 1 saturated heterocycles. The van der Waals surface area contributed by atoms with E-state index in [9.17, 15) is 4.79 Å². The molecule has 0 radical (unpaired) electrons. The van der Waals surface area contributed by atoms with Crippen LogP contribution in [0.2, 0.25) is 0 Å². The first-order valence-corrected chi connectivity index (χ1v) is 4.08. The Morgan fingerprint density at radius 3 is 3.00 bits per heavy atom. The van der Waals surface area contributed by atoms with E-state index in [0.717, 1.165) is 12.8 Å². The molecule has 1 atom stereocenters. The number of ether oxygens (including phenoxy) is 2. The number of hydrogen-bond donors (Lipinski definition) is 0. The summed E-state index contributed by atoms with van der Waals surface area (Å²) in [4.78, 5) is 12.6. The van der Waals surface area contributed by atoms with Crippen molar-refractivity contribution in [2.75, 3.05) is 13.7 Å². The second kappa shape index (κ2) is 4.42. The maximum atomic E-state index is 11.1. The van der Waals surface area contributed by atoms with Crippen molar-refractivity contribution < 1.29 is 14.3 Å². The van der Waals surface area contributed by atoms with Crippen LogP contribution < -0.4 is 0 Å². The predicted octanol–water partition coefficient (Wildman–Crippen LogP) is 0.737. The summed E-state index contributed by atoms with van der Waals surface area (Å²) in [6.07, 6.45) is 1.66. The monoisotopic (exact) mass is 172 g/mol. The van der Waals surface area contributed by atoms with Crippen molar-refractivity contribution in [3.05, 3.63) is 6.73 Å². The minimum atomic E-state index is -0.162. The Labute approximate surface area is 72.4 Å². The van der Waals surface area contributed by atoms with Gasteiger partial charge in [-0.2, -0.15) is 0 Å². The molecule has 1 rings (SSSR count). The maximum Gasteiger partial charge on any atom is 0.220 e. The van der Waals surface area contributed by atoms with E-state index in [1.807, 2.05) is 6.92 Å². The van der Waals surface area contributed by atoms with Gasteiger partial charge in [0.05, 0.1) is 6.61 Å². The molecule has 1 fully saturated rings. The highest BCUT2D eigenvalue weighted by Crippen LogP contribution is 2.15. The molecule has 0 aromatic carbocycles. The molecule has 0 saturated carbocycles. The van der Waals surface area contributed by atoms with E-state index in [4.69, 9.17) is 9.47 Å². The zero-order chi connectivity index (χ0) is 8.97. The number of nitrogens with zero attached hydrogens (tertiary/aromatic N) is 1. The third-order valence-corrected chi connectivity index (χ3v) is 1.80. The van der Waals surface area contributed by atoms with Crippen molar-refractivity contribution in [3.8, 4) is 0 Å². The van der Waals surface area contributed by atoms with Gasteiger partial charge in [-0.25, -0.2) is 0 Å². The van der Waals surface area contributed by atoms with Crippen LogP contribution >= 0.6 is 0 Å². The van der Waals surface area contributed by atoms with Crippen molar-refractivity contribution in [1.29, 1.82) is 0 Å². The van der Waals surface area contributed by atoms with E-state index < -0.39 is 0 Å². The normalized spacial score (nSPS) is 20.2. The molecule has 1 unspecified atom stereocenters. The summed E-state index contributed by atoms with van der Waals surface area (Å²) >= 11 is 0. The number of hydrogen-bond acceptors (Lipinski definition) is 3. The van der Waals surface area contributed by atoms with Crippen LogP contribution in [-0.4, -0.2) is 30.8 Å². The number of rotatable bonds is 4. The molecule has 1 aliphatic rings. The first-order chi connectivity index (χ1) is 5.79. The SMILES string of the molecule is CCCC(OC)N1[CH-]OCC1=O. The maximum absolute atomic E-state index is 11.1. The van der Waals surface area contributed by atoms with Crippen molar-refractivity contribution in [3.63, 3.8) is 0 Å². The number of amides is 1. The molecule has 0 aromatic rings. The van der Waals surface area contributed by atoms with Crippen LogP contribution in [0.4, 0.5) is 0 Å². The average molecular weight is 172 g/mol. The number of carbonyl (C=O) groups excluding carboxylic acids is 1. The second-order valence-corrected chi connectivity index (χ2v) is 2.70. The quantitative estimate of drug-likeness (QED) is 0.587. The van der Waals surface area contributed by atoms with Crippen molar-refractivity contribution >= 4 is 5.91 Å². The summed E-state index contributed by atoms with van der Waals surface area (Å²) in [6.45, 7) is 3.63. The fraction of sp³-hybridized carbons (Fsp3) is 0.750. The van der Waals surface area contributed by atoms with Gasteiger partial charge in [0.15, 0.2) is 0 Å². The van der Waals surface area contributed by atoms with Gasteiger partial charge >= 0.3 is 0 Å². The summed E-state index contributed by atoms with van der Waals surface area (Å²) in [7, 11) is 1.60. The summed E-state index contributed by atoms with van der Waals surface area (Å²) in [5, 5.41) is 0. The van der Waals surface area contributed by atoms with Gasteiger partial charge in [-0.1, -0.05) is 13.3 Å². The summed E-state index contributed by atoms with van der Waals surface area (Å²) < 4.78 is 10.0. The van der Waals surface area contributed by atoms with E-state index >= 15 is 0 Å². The molecule has 70 valence electrons. The van der Waals surface area contributed by atoms with Gasteiger partial charge in [0, 0.05) is 7.11 Å². The molecule has 12 heavy (non-hydrogen) atoms. The minimum Gasteiger partial charge on any atom is -0.524 e. The molecule has 1 amide bonds. The lowest BCUT2D eigenvalue weighted by atomic mass is 10.3. The zero-order valence-corrected chi connectivity index (χ0v) is 7.45. The molecule has 0 aliphatic carbocycles. The molecule has 4 heteroatoms. The molecule has 0 bridgehead atoms. The smallest absolute Gasteiger partial charge is 0.220 e. The molecule has 0 spiro atoms. The Kier molecular flexibility index (Phi) is 3.49. The van der Waals surface area contributed by atoms with Crippen molar-refractivity contribution in [2.45, 2.75) is 26.0 Å². The lowest BCUT2D eigenvalue weighted by Crippen LogP contribution is -2.36. The fourth-order valence-electron chi connectivity index (χ4n) is 1.17. The Morgan fingerprint density at radius 1 is 1.83 bits per heavy atom. The summed E-state index contributed by atoms with van der Waals surface area (Å²) in [5.74, 6) is -0.0321. The van der Waals surface area contributed by atoms with Gasteiger partial charge in [0.1, 0.15) is 6.23 Å². The fourth-order valence-corrected chi connectivity index (χ4v) is 1.17. The van der Waals surface area contributed by atoms with Gasteiger partial charge in [-0.05, 0) is 6.42 Å². The van der Waals surface area contributed by atoms with Crippen LogP contribution in [0.3, 0.4) is 0 Å². The van der Waals surface area contributed by atoms with E-state index in [2.05, 4.69) is 0 Å². The zero-order valence-electron chi connectivity index (χ0n) is 7.45. The van der Waals surface area contributed by atoms with E-state index in [0.29, 0.717) is 0 Å². The van der Waals surface area contributed by atoms with Crippen LogP contribution in [0.25, 0.3) is 0 Å². The molecule has 1 aliphatic heterocycles. The van der Waals surface area contributed by atoms with Crippen LogP contribution in [0.1, 0.15) is 19.8 Å². The van der Waals surface area contributed by atoms with Crippen LogP contribution in [0.5, 0.6) is 0 Å². The second-order valence-electron chi connectivity index (χ2n) is 2.70. The highest BCUT2D eigenvalue weighted by molar-refractivity contribution is 5.79. The predicted molar refractivity (Wildman–Crippen MR) is 42.8 cm³/mol. The molecular weight excluding hydrogens is 158 g/mol. The van der Waals surface area contributed by atoms with Gasteiger partial charge in [0.25, 0.3) is 0 Å². The third-order valence-electron chi connectivity index (χ3n) is 1.80. The molecule has 4 nitrogen and oxygen atoms in total. The molecule has 1 heterocycles. The Bertz CT molecular complexity index is 160. The summed E-state index contributed by atoms with van der Waals surface area (Å²) in [5.41, 5.74) is 0. The Hall–Kier alpha value is -0.610. The van der Waals surface area contributed by atoms with Gasteiger partial charge in [0.2, 0.25) is 5.91 Å². The van der Waals surface area contributed by atoms with Gasteiger partial charge in [-0.15, -0.1) is 6.73 Å². The van der Waals surface area contributed by atoms with Gasteiger partial charge < -0.3 is 14.4 Å². The van der Waals surface area contributed by atoms with E-state index in [1.54, 1.807) is 7.11 Å². The lowest BCUT2D eigenvalue weighted by molar-refractivity contribution is -0.136. The van der Waals surface area contributed by atoms with E-state index in [1.165, 1.54) is 11.6 Å². The van der Waals surface area contributed by atoms with Crippen molar-refractivity contribution in [2.24, 2.45) is 0 Å². The standard InChI is InChI=1S/C8H14NO3/c1-3-4-8(11-2)9-6-12-5-7(9)10/h6,8H,3-5H2,1-2H3/q-1. The molecular formula is C8H14NO3-. The minimum absolute atomic E-state index is 0.0321.